The van der Waals surface area contributed by atoms with Gasteiger partial charge in [-0.1, -0.05) is 13.0 Å². The highest BCUT2D eigenvalue weighted by atomic mass is 16.5. The summed E-state index contributed by atoms with van der Waals surface area (Å²) in [7, 11) is 3.45. The number of hydrogen-bond donors (Lipinski definition) is 1. The van der Waals surface area contributed by atoms with E-state index < -0.39 is 0 Å². The van der Waals surface area contributed by atoms with Crippen LogP contribution in [0.4, 0.5) is 0 Å². The van der Waals surface area contributed by atoms with Gasteiger partial charge in [-0.15, -0.1) is 5.10 Å². The van der Waals surface area contributed by atoms with E-state index >= 15 is 0 Å². The quantitative estimate of drug-likeness (QED) is 0.582. The number of ether oxygens (including phenoxy) is 2. The van der Waals surface area contributed by atoms with Crippen molar-refractivity contribution in [1.29, 1.82) is 0 Å². The fourth-order valence-electron chi connectivity index (χ4n) is 3.52. The second kappa shape index (κ2) is 9.56. The summed E-state index contributed by atoms with van der Waals surface area (Å²) < 4.78 is 12.8. The van der Waals surface area contributed by atoms with Gasteiger partial charge in [0.15, 0.2) is 5.65 Å². The van der Waals surface area contributed by atoms with Crippen LogP contribution in [-0.4, -0.2) is 39.4 Å². The molecule has 0 aliphatic carbocycles. The lowest BCUT2D eigenvalue weighted by atomic mass is 10.00. The van der Waals surface area contributed by atoms with Gasteiger partial charge in [-0.05, 0) is 43.9 Å². The van der Waals surface area contributed by atoms with Crippen LogP contribution in [0.3, 0.4) is 0 Å². The molecule has 0 fully saturated rings. The largest absolute Gasteiger partial charge is 0.479 e. The van der Waals surface area contributed by atoms with E-state index in [2.05, 4.69) is 20.4 Å². The van der Waals surface area contributed by atoms with Crippen LogP contribution in [0.5, 0.6) is 11.8 Å². The molecule has 30 heavy (non-hydrogen) atoms. The standard InChI is InChI=1S/C22H29N5O3/c1-6-12-30-21-16(8-7-11-23-21)13-24-18(28)10-9-17-14(2)19-20(25-15(17)3)27(4)26-22(19)29-5/h7-8,11H,6,9-10,12-13H2,1-5H3,(H,24,28). The molecule has 1 N–H and O–H groups in total. The summed E-state index contributed by atoms with van der Waals surface area (Å²) in [6, 6.07) is 3.76. The number of pyridine rings is 2. The zero-order valence-corrected chi connectivity index (χ0v) is 18.3. The Morgan fingerprint density at radius 1 is 1.27 bits per heavy atom. The van der Waals surface area contributed by atoms with E-state index in [1.165, 1.54) is 0 Å². The smallest absolute Gasteiger partial charge is 0.242 e. The molecule has 8 nitrogen and oxygen atoms in total. The van der Waals surface area contributed by atoms with Crippen LogP contribution in [0.2, 0.25) is 0 Å². The minimum atomic E-state index is -0.0302. The summed E-state index contributed by atoms with van der Waals surface area (Å²) in [5.74, 6) is 1.10. The number of hydrogen-bond acceptors (Lipinski definition) is 6. The molecule has 0 radical (unpaired) electrons. The Balaban J connectivity index is 1.68. The molecule has 160 valence electrons. The summed E-state index contributed by atoms with van der Waals surface area (Å²) in [6.07, 6.45) is 3.55. The van der Waals surface area contributed by atoms with Gasteiger partial charge in [0.2, 0.25) is 17.7 Å². The van der Waals surface area contributed by atoms with Gasteiger partial charge in [0.1, 0.15) is 0 Å². The Morgan fingerprint density at radius 2 is 2.07 bits per heavy atom. The number of aromatic nitrogens is 4. The first-order valence-electron chi connectivity index (χ1n) is 10.2. The number of nitrogens with zero attached hydrogens (tertiary/aromatic N) is 4. The molecule has 8 heteroatoms. The molecule has 0 saturated carbocycles. The molecule has 1 amide bonds. The van der Waals surface area contributed by atoms with Gasteiger partial charge in [-0.25, -0.2) is 14.6 Å². The number of nitrogens with one attached hydrogen (secondary N) is 1. The highest BCUT2D eigenvalue weighted by Gasteiger charge is 2.18. The third kappa shape index (κ3) is 4.53. The molecule has 3 rings (SSSR count). The fraction of sp³-hybridized carbons (Fsp3) is 0.455. The Labute approximate surface area is 176 Å². The van der Waals surface area contributed by atoms with Gasteiger partial charge >= 0.3 is 0 Å². The lowest BCUT2D eigenvalue weighted by Crippen LogP contribution is -2.23. The van der Waals surface area contributed by atoms with Gasteiger partial charge in [0, 0.05) is 37.5 Å². The van der Waals surface area contributed by atoms with Crippen LogP contribution in [0.25, 0.3) is 11.0 Å². The lowest BCUT2D eigenvalue weighted by molar-refractivity contribution is -0.121. The Bertz CT molecular complexity index is 1040. The van der Waals surface area contributed by atoms with Crippen molar-refractivity contribution in [2.24, 2.45) is 7.05 Å². The number of carbonyl (C=O) groups is 1. The van der Waals surface area contributed by atoms with Gasteiger partial charge in [-0.3, -0.25) is 4.79 Å². The average molecular weight is 412 g/mol. The normalized spacial score (nSPS) is 11.0. The monoisotopic (exact) mass is 411 g/mol. The number of rotatable bonds is 9. The Hall–Kier alpha value is -3.16. The molecule has 0 spiro atoms. The number of fused-ring (bicyclic) bond motifs is 1. The van der Waals surface area contributed by atoms with Gasteiger partial charge < -0.3 is 14.8 Å². The molecular weight excluding hydrogens is 382 g/mol. The summed E-state index contributed by atoms with van der Waals surface area (Å²) in [5, 5.41) is 8.24. The number of methoxy groups -OCH3 is 1. The maximum absolute atomic E-state index is 12.5. The zero-order valence-electron chi connectivity index (χ0n) is 18.3. The van der Waals surface area contributed by atoms with E-state index in [0.29, 0.717) is 37.8 Å². The van der Waals surface area contributed by atoms with E-state index in [0.717, 1.165) is 39.8 Å². The molecule has 3 aromatic heterocycles. The number of carbonyl (C=O) groups excluding carboxylic acids is 1. The molecule has 0 aromatic carbocycles. The molecular formula is C22H29N5O3. The van der Waals surface area contributed by atoms with Crippen LogP contribution < -0.4 is 14.8 Å². The topological polar surface area (TPSA) is 91.2 Å². The molecule has 0 aliphatic heterocycles. The number of aryl methyl sites for hydroxylation is 3. The van der Waals surface area contributed by atoms with E-state index in [1.54, 1.807) is 18.0 Å². The van der Waals surface area contributed by atoms with Gasteiger partial charge in [0.05, 0.1) is 19.1 Å². The highest BCUT2D eigenvalue weighted by molar-refractivity contribution is 5.86. The third-order valence-electron chi connectivity index (χ3n) is 5.09. The second-order valence-electron chi connectivity index (χ2n) is 7.23. The van der Waals surface area contributed by atoms with Crippen LogP contribution in [-0.2, 0) is 24.8 Å². The van der Waals surface area contributed by atoms with E-state index in [1.807, 2.05) is 40.0 Å². The predicted molar refractivity (Wildman–Crippen MR) is 115 cm³/mol. The minimum Gasteiger partial charge on any atom is -0.479 e. The highest BCUT2D eigenvalue weighted by Crippen LogP contribution is 2.30. The lowest BCUT2D eigenvalue weighted by Gasteiger charge is -2.12. The van der Waals surface area contributed by atoms with Crippen LogP contribution in [0.15, 0.2) is 18.3 Å². The molecule has 0 unspecified atom stereocenters. The SMILES string of the molecule is CCCOc1ncccc1CNC(=O)CCc1c(C)nc2c(c(OC)nn2C)c1C. The molecule has 3 aromatic rings. The first-order chi connectivity index (χ1) is 14.5. The molecule has 0 bridgehead atoms. The van der Waals surface area contributed by atoms with Crippen molar-refractivity contribution in [2.75, 3.05) is 13.7 Å². The summed E-state index contributed by atoms with van der Waals surface area (Å²) >= 11 is 0. The fourth-order valence-corrected chi connectivity index (χ4v) is 3.52. The van der Waals surface area contributed by atoms with Crippen molar-refractivity contribution in [2.45, 2.75) is 46.6 Å². The summed E-state index contributed by atoms with van der Waals surface area (Å²) in [6.45, 7) is 7.02. The predicted octanol–water partition coefficient (Wildman–Crippen LogP) is 3.03. The van der Waals surface area contributed by atoms with E-state index in [-0.39, 0.29) is 5.91 Å². The average Bonchev–Trinajstić information content (AvgIpc) is 3.06. The van der Waals surface area contributed by atoms with Crippen molar-refractivity contribution in [3.8, 4) is 11.8 Å². The van der Waals surface area contributed by atoms with Crippen molar-refractivity contribution >= 4 is 16.9 Å². The minimum absolute atomic E-state index is 0.0302. The molecule has 0 aliphatic rings. The van der Waals surface area contributed by atoms with Gasteiger partial charge in [-0.2, -0.15) is 0 Å². The van der Waals surface area contributed by atoms with Crippen LogP contribution in [0, 0.1) is 13.8 Å². The number of amides is 1. The summed E-state index contributed by atoms with van der Waals surface area (Å²) in [5.41, 5.74) is 4.66. The maximum Gasteiger partial charge on any atom is 0.242 e. The second-order valence-corrected chi connectivity index (χ2v) is 7.23. The van der Waals surface area contributed by atoms with Crippen LogP contribution >= 0.6 is 0 Å². The third-order valence-corrected chi connectivity index (χ3v) is 5.09. The maximum atomic E-state index is 12.5. The van der Waals surface area contributed by atoms with Crippen LogP contribution in [0.1, 0.15) is 42.1 Å². The van der Waals surface area contributed by atoms with Crippen molar-refractivity contribution in [1.82, 2.24) is 25.1 Å². The molecule has 3 heterocycles. The van der Waals surface area contributed by atoms with Crippen molar-refractivity contribution in [3.05, 3.63) is 40.7 Å². The van der Waals surface area contributed by atoms with E-state index in [9.17, 15) is 4.79 Å². The Morgan fingerprint density at radius 3 is 2.80 bits per heavy atom. The van der Waals surface area contributed by atoms with Crippen molar-refractivity contribution in [3.63, 3.8) is 0 Å². The first kappa shape index (κ1) is 21.5. The molecule has 0 saturated heterocycles. The van der Waals surface area contributed by atoms with E-state index in [4.69, 9.17) is 9.47 Å². The van der Waals surface area contributed by atoms with Crippen molar-refractivity contribution < 1.29 is 14.3 Å². The Kier molecular flexibility index (Phi) is 6.87. The molecule has 0 atom stereocenters. The van der Waals surface area contributed by atoms with Gasteiger partial charge in [0.25, 0.3) is 0 Å². The first-order valence-corrected chi connectivity index (χ1v) is 10.2. The summed E-state index contributed by atoms with van der Waals surface area (Å²) in [4.78, 5) is 21.4. The zero-order chi connectivity index (χ0) is 21.7.